The van der Waals surface area contributed by atoms with Crippen molar-refractivity contribution in [2.45, 2.75) is 19.9 Å². The maximum atomic E-state index is 13.2. The van der Waals surface area contributed by atoms with Crippen molar-refractivity contribution in [1.82, 2.24) is 9.88 Å². The van der Waals surface area contributed by atoms with Gasteiger partial charge in [-0.15, -0.1) is 0 Å². The van der Waals surface area contributed by atoms with Crippen molar-refractivity contribution in [3.8, 4) is 0 Å². The van der Waals surface area contributed by atoms with Gasteiger partial charge in [-0.3, -0.25) is 19.4 Å². The summed E-state index contributed by atoms with van der Waals surface area (Å²) >= 11 is 3.46. The molecule has 0 bridgehead atoms. The number of nitrogens with one attached hydrogen (secondary N) is 1. The lowest BCUT2D eigenvalue weighted by Crippen LogP contribution is -3.12. The highest BCUT2D eigenvalue weighted by Crippen LogP contribution is 2.38. The van der Waals surface area contributed by atoms with Gasteiger partial charge in [0.15, 0.2) is 5.78 Å². The van der Waals surface area contributed by atoms with Gasteiger partial charge in [-0.2, -0.15) is 0 Å². The van der Waals surface area contributed by atoms with Crippen molar-refractivity contribution in [3.63, 3.8) is 0 Å². The van der Waals surface area contributed by atoms with Crippen LogP contribution in [-0.2, 0) is 9.59 Å². The lowest BCUT2D eigenvalue weighted by molar-refractivity contribution is -0.895. The molecule has 0 radical (unpaired) electrons. The number of carbonyl (C=O) groups excluding carboxylic acids is 3. The summed E-state index contributed by atoms with van der Waals surface area (Å²) in [6, 6.07) is 10.0. The zero-order valence-corrected chi connectivity index (χ0v) is 18.2. The van der Waals surface area contributed by atoms with E-state index in [1.807, 2.05) is 24.3 Å². The van der Waals surface area contributed by atoms with E-state index in [2.05, 4.69) is 34.8 Å². The second kappa shape index (κ2) is 9.41. The number of likely N-dealkylation sites (N-methyl/N-ethyl adjacent to an activating group) is 1. The molecule has 2 heterocycles. The van der Waals surface area contributed by atoms with E-state index in [1.165, 1.54) is 17.3 Å². The van der Waals surface area contributed by atoms with Gasteiger partial charge < -0.3 is 9.80 Å². The quantitative estimate of drug-likeness (QED) is 0.371. The van der Waals surface area contributed by atoms with Crippen molar-refractivity contribution in [3.05, 3.63) is 64.4 Å². The number of rotatable bonds is 8. The summed E-state index contributed by atoms with van der Waals surface area (Å²) in [4.78, 5) is 45.9. The molecule has 1 fully saturated rings. The molecule has 0 aliphatic carbocycles. The Labute approximate surface area is 179 Å². The number of halogens is 1. The fraction of sp³-hybridized carbons (Fsp3) is 0.364. The summed E-state index contributed by atoms with van der Waals surface area (Å²) in [5.41, 5.74) is 1.17. The highest BCUT2D eigenvalue weighted by Gasteiger charge is 2.51. The molecule has 1 aliphatic rings. The van der Waals surface area contributed by atoms with Gasteiger partial charge in [-0.05, 0) is 43.7 Å². The predicted octanol–water partition coefficient (Wildman–Crippen LogP) is 1.72. The Bertz CT molecular complexity index is 899. The van der Waals surface area contributed by atoms with E-state index in [9.17, 15) is 14.4 Å². The van der Waals surface area contributed by atoms with Crippen molar-refractivity contribution < 1.29 is 19.3 Å². The number of quaternary nitrogens is 1. The van der Waals surface area contributed by atoms with Gasteiger partial charge in [0.25, 0.3) is 5.91 Å². The number of carbonyl (C=O) groups is 3. The van der Waals surface area contributed by atoms with Gasteiger partial charge in [0.05, 0.1) is 32.2 Å². The Kier molecular flexibility index (Phi) is 6.92. The van der Waals surface area contributed by atoms with E-state index >= 15 is 0 Å². The smallest absolute Gasteiger partial charge is 0.291 e. The van der Waals surface area contributed by atoms with Gasteiger partial charge in [0.2, 0.25) is 5.78 Å². The molecule has 0 spiro atoms. The van der Waals surface area contributed by atoms with Gasteiger partial charge in [0, 0.05) is 22.4 Å². The third-order valence-corrected chi connectivity index (χ3v) is 6.04. The number of ketones is 2. The number of Topliss-reactive ketones (excluding diaryl/α,β-unsaturated/α-hetero) is 2. The van der Waals surface area contributed by atoms with Crippen molar-refractivity contribution in [2.75, 3.05) is 26.2 Å². The molecule has 1 saturated heterocycles. The number of aromatic nitrogens is 1. The monoisotopic (exact) mass is 458 g/mol. The fourth-order valence-electron chi connectivity index (χ4n) is 3.87. The summed E-state index contributed by atoms with van der Waals surface area (Å²) in [6.07, 6.45) is 3.04. The second-order valence-electron chi connectivity index (χ2n) is 7.15. The molecular weight excluding hydrogens is 434 g/mol. The summed E-state index contributed by atoms with van der Waals surface area (Å²) in [6.45, 7) is 7.22. The molecule has 29 heavy (non-hydrogen) atoms. The SMILES string of the molecule is CC[NH+](CC)CCN1C(=O)C(=O)C(C(=O)c2ccncc2)C1c1cccc(Br)c1. The van der Waals surface area contributed by atoms with Crippen molar-refractivity contribution in [2.24, 2.45) is 5.92 Å². The molecule has 1 aromatic carbocycles. The molecule has 1 amide bonds. The van der Waals surface area contributed by atoms with Gasteiger partial charge in [0.1, 0.15) is 5.92 Å². The topological polar surface area (TPSA) is 71.8 Å². The van der Waals surface area contributed by atoms with E-state index in [0.29, 0.717) is 12.1 Å². The average molecular weight is 459 g/mol. The number of nitrogens with zero attached hydrogens (tertiary/aromatic N) is 2. The van der Waals surface area contributed by atoms with Crippen LogP contribution in [0.3, 0.4) is 0 Å². The third-order valence-electron chi connectivity index (χ3n) is 5.55. The number of likely N-dealkylation sites (tertiary alicyclic amines) is 1. The van der Waals surface area contributed by atoms with Crippen LogP contribution in [0.25, 0.3) is 0 Å². The molecule has 2 unspecified atom stereocenters. The minimum atomic E-state index is -1.05. The van der Waals surface area contributed by atoms with Crippen molar-refractivity contribution in [1.29, 1.82) is 0 Å². The lowest BCUT2D eigenvalue weighted by atomic mass is 9.86. The van der Waals surface area contributed by atoms with E-state index in [4.69, 9.17) is 0 Å². The van der Waals surface area contributed by atoms with Gasteiger partial charge >= 0.3 is 0 Å². The molecular formula is C22H25BrN3O3+. The van der Waals surface area contributed by atoms with Crippen LogP contribution in [0.1, 0.15) is 35.8 Å². The molecule has 3 rings (SSSR count). The summed E-state index contributed by atoms with van der Waals surface area (Å²) in [5.74, 6) is -2.60. The van der Waals surface area contributed by atoms with Gasteiger partial charge in [-0.25, -0.2) is 0 Å². The molecule has 152 valence electrons. The minimum absolute atomic E-state index is 0.339. The van der Waals surface area contributed by atoms with E-state index in [1.54, 1.807) is 17.0 Å². The fourth-order valence-corrected chi connectivity index (χ4v) is 4.29. The zero-order valence-electron chi connectivity index (χ0n) is 16.6. The van der Waals surface area contributed by atoms with Crippen LogP contribution in [0, 0.1) is 5.92 Å². The van der Waals surface area contributed by atoms with Gasteiger partial charge in [-0.1, -0.05) is 28.1 Å². The molecule has 0 saturated carbocycles. The second-order valence-corrected chi connectivity index (χ2v) is 8.06. The normalized spacial score (nSPS) is 19.2. The van der Waals surface area contributed by atoms with E-state index < -0.39 is 23.7 Å². The van der Waals surface area contributed by atoms with Crippen LogP contribution < -0.4 is 4.90 Å². The Morgan fingerprint density at radius 2 is 1.83 bits per heavy atom. The summed E-state index contributed by atoms with van der Waals surface area (Å²) in [5, 5.41) is 0. The Hall–Kier alpha value is -2.38. The summed E-state index contributed by atoms with van der Waals surface area (Å²) in [7, 11) is 0. The highest BCUT2D eigenvalue weighted by molar-refractivity contribution is 9.10. The molecule has 6 nitrogen and oxygen atoms in total. The molecule has 1 aliphatic heterocycles. The first-order chi connectivity index (χ1) is 14.0. The van der Waals surface area contributed by atoms with Crippen LogP contribution in [0.2, 0.25) is 0 Å². The van der Waals surface area contributed by atoms with Crippen LogP contribution in [0.4, 0.5) is 0 Å². The standard InChI is InChI=1S/C22H24BrN3O3/c1-3-25(4-2)12-13-26-19(16-6-5-7-17(23)14-16)18(21(28)22(26)29)20(27)15-8-10-24-11-9-15/h5-11,14,18-19H,3-4,12-13H2,1-2H3/p+1. The Balaban J connectivity index is 2.00. The molecule has 2 atom stereocenters. The number of hydrogen-bond acceptors (Lipinski definition) is 4. The average Bonchev–Trinajstić information content (AvgIpc) is 2.99. The zero-order chi connectivity index (χ0) is 21.0. The first kappa shape index (κ1) is 21.3. The molecule has 7 heteroatoms. The predicted molar refractivity (Wildman–Crippen MR) is 113 cm³/mol. The van der Waals surface area contributed by atoms with Crippen molar-refractivity contribution >= 4 is 33.4 Å². The minimum Gasteiger partial charge on any atom is -0.334 e. The third kappa shape index (κ3) is 4.46. The van der Waals surface area contributed by atoms with Crippen LogP contribution in [0.5, 0.6) is 0 Å². The molecule has 1 aromatic heterocycles. The van der Waals surface area contributed by atoms with Crippen LogP contribution in [0.15, 0.2) is 53.3 Å². The maximum absolute atomic E-state index is 13.2. The first-order valence-corrected chi connectivity index (χ1v) is 10.6. The summed E-state index contributed by atoms with van der Waals surface area (Å²) < 4.78 is 0.839. The number of benzene rings is 1. The molecule has 2 aromatic rings. The number of hydrogen-bond donors (Lipinski definition) is 1. The van der Waals surface area contributed by atoms with Crippen LogP contribution in [-0.4, -0.2) is 53.5 Å². The van der Waals surface area contributed by atoms with E-state index in [0.717, 1.165) is 29.7 Å². The number of pyridine rings is 1. The molecule has 1 N–H and O–H groups in total. The van der Waals surface area contributed by atoms with Crippen LogP contribution >= 0.6 is 15.9 Å². The Morgan fingerprint density at radius 1 is 1.14 bits per heavy atom. The largest absolute Gasteiger partial charge is 0.334 e. The number of amides is 1. The van der Waals surface area contributed by atoms with E-state index in [-0.39, 0.29) is 5.78 Å². The first-order valence-electron chi connectivity index (χ1n) is 9.86. The lowest BCUT2D eigenvalue weighted by Gasteiger charge is -2.28. The highest BCUT2D eigenvalue weighted by atomic mass is 79.9. The Morgan fingerprint density at radius 3 is 2.45 bits per heavy atom. The maximum Gasteiger partial charge on any atom is 0.291 e.